The molecule has 3 amide bonds. The first-order valence-electron chi connectivity index (χ1n) is 12.1. The lowest BCUT2D eigenvalue weighted by atomic mass is 10.1. The van der Waals surface area contributed by atoms with Crippen molar-refractivity contribution in [2.45, 2.75) is 18.9 Å². The Morgan fingerprint density at radius 3 is 2.45 bits per heavy atom. The van der Waals surface area contributed by atoms with Gasteiger partial charge >= 0.3 is 0 Å². The molecule has 1 atom stereocenters. The molecule has 192 valence electrons. The molecule has 0 bridgehead atoms. The van der Waals surface area contributed by atoms with Gasteiger partial charge in [0.05, 0.1) is 17.9 Å². The van der Waals surface area contributed by atoms with Crippen LogP contribution < -0.4 is 10.6 Å². The first-order chi connectivity index (χ1) is 18.5. The molecule has 3 aromatic carbocycles. The first-order valence-corrected chi connectivity index (χ1v) is 13.1. The number of amides is 3. The summed E-state index contributed by atoms with van der Waals surface area (Å²) in [5.41, 5.74) is 2.89. The molecule has 0 radical (unpaired) electrons. The lowest BCUT2D eigenvalue weighted by Crippen LogP contribution is -2.46. The lowest BCUT2D eigenvalue weighted by Gasteiger charge is -2.30. The SMILES string of the molecule is O=C(CC1C(=O)N=C2c3ccccc3N=C(SCC(=O)Nc3ccc(F)cc3)N21)NCCc1ccccc1. The highest BCUT2D eigenvalue weighted by Crippen LogP contribution is 2.34. The summed E-state index contributed by atoms with van der Waals surface area (Å²) in [6.07, 6.45) is 0.583. The van der Waals surface area contributed by atoms with Crippen molar-refractivity contribution in [3.8, 4) is 0 Å². The zero-order valence-corrected chi connectivity index (χ0v) is 21.1. The second kappa shape index (κ2) is 11.4. The van der Waals surface area contributed by atoms with Crippen molar-refractivity contribution in [2.75, 3.05) is 17.6 Å². The predicted octanol–water partition coefficient (Wildman–Crippen LogP) is 3.91. The molecule has 8 nitrogen and oxygen atoms in total. The second-order valence-electron chi connectivity index (χ2n) is 8.70. The number of rotatable bonds is 8. The highest BCUT2D eigenvalue weighted by Gasteiger charge is 2.42. The highest BCUT2D eigenvalue weighted by molar-refractivity contribution is 8.14. The van der Waals surface area contributed by atoms with Gasteiger partial charge in [0.2, 0.25) is 11.8 Å². The number of aliphatic imine (C=N–C) groups is 2. The number of carbonyl (C=O) groups is 3. The Balaban J connectivity index is 1.27. The summed E-state index contributed by atoms with van der Waals surface area (Å²) in [6.45, 7) is 0.444. The van der Waals surface area contributed by atoms with Crippen molar-refractivity contribution < 1.29 is 18.8 Å². The number of hydrogen-bond acceptors (Lipinski definition) is 6. The van der Waals surface area contributed by atoms with E-state index in [-0.39, 0.29) is 24.0 Å². The highest BCUT2D eigenvalue weighted by atomic mass is 32.2. The van der Waals surface area contributed by atoms with Gasteiger partial charge in [0.15, 0.2) is 5.17 Å². The van der Waals surface area contributed by atoms with Crippen LogP contribution in [0.4, 0.5) is 15.8 Å². The molecule has 0 saturated heterocycles. The van der Waals surface area contributed by atoms with E-state index in [1.165, 1.54) is 24.3 Å². The summed E-state index contributed by atoms with van der Waals surface area (Å²) in [5, 5.41) is 6.01. The molecule has 0 spiro atoms. The van der Waals surface area contributed by atoms with Gasteiger partial charge in [-0.3, -0.25) is 19.3 Å². The van der Waals surface area contributed by atoms with Crippen molar-refractivity contribution in [2.24, 2.45) is 9.98 Å². The van der Waals surface area contributed by atoms with E-state index < -0.39 is 17.8 Å². The van der Waals surface area contributed by atoms with Crippen LogP contribution in [0.5, 0.6) is 0 Å². The third-order valence-corrected chi connectivity index (χ3v) is 6.98. The third kappa shape index (κ3) is 5.81. The summed E-state index contributed by atoms with van der Waals surface area (Å²) in [5.74, 6) is -1.00. The van der Waals surface area contributed by atoms with E-state index in [1.54, 1.807) is 4.90 Å². The monoisotopic (exact) mass is 529 g/mol. The summed E-state index contributed by atoms with van der Waals surface area (Å²) in [6, 6.07) is 21.7. The van der Waals surface area contributed by atoms with Crippen molar-refractivity contribution in [1.29, 1.82) is 0 Å². The number of amidine groups is 2. The summed E-state index contributed by atoms with van der Waals surface area (Å²) in [4.78, 5) is 48.9. The number of para-hydroxylation sites is 1. The van der Waals surface area contributed by atoms with Crippen LogP contribution in [0.3, 0.4) is 0 Å². The van der Waals surface area contributed by atoms with E-state index in [2.05, 4.69) is 20.6 Å². The van der Waals surface area contributed by atoms with Crippen LogP contribution in [0.1, 0.15) is 17.5 Å². The molecule has 2 heterocycles. The van der Waals surface area contributed by atoms with Crippen molar-refractivity contribution in [3.63, 3.8) is 0 Å². The van der Waals surface area contributed by atoms with E-state index >= 15 is 0 Å². The Kier molecular flexibility index (Phi) is 7.60. The standard InChI is InChI=1S/C28H24FN5O3S/c29-19-10-12-20(13-11-19)31-25(36)17-38-28-32-22-9-5-4-8-21(22)26-33-27(37)23(34(26)28)16-24(35)30-15-14-18-6-2-1-3-7-18/h1-13,23H,14-17H2,(H,30,35)(H,31,36). The molecule has 0 saturated carbocycles. The smallest absolute Gasteiger partial charge is 0.271 e. The Morgan fingerprint density at radius 2 is 1.66 bits per heavy atom. The maximum absolute atomic E-state index is 13.2. The molecule has 1 unspecified atom stereocenters. The minimum atomic E-state index is -0.860. The fourth-order valence-electron chi connectivity index (χ4n) is 4.20. The second-order valence-corrected chi connectivity index (χ2v) is 9.65. The van der Waals surface area contributed by atoms with Gasteiger partial charge in [-0.1, -0.05) is 54.2 Å². The normalized spacial score (nSPS) is 15.8. The summed E-state index contributed by atoms with van der Waals surface area (Å²) >= 11 is 1.14. The molecule has 2 aliphatic rings. The molecule has 38 heavy (non-hydrogen) atoms. The molecule has 3 aromatic rings. The zero-order chi connectivity index (χ0) is 26.5. The Hall–Kier alpha value is -4.31. The van der Waals surface area contributed by atoms with Crippen molar-refractivity contribution in [1.82, 2.24) is 10.2 Å². The van der Waals surface area contributed by atoms with Crippen LogP contribution in [-0.4, -0.2) is 52.0 Å². The third-order valence-electron chi connectivity index (χ3n) is 6.03. The topological polar surface area (TPSA) is 103 Å². The molecule has 0 fully saturated rings. The number of nitrogens with one attached hydrogen (secondary N) is 2. The number of fused-ring (bicyclic) bond motifs is 3. The van der Waals surface area contributed by atoms with Crippen LogP contribution in [0.15, 0.2) is 88.8 Å². The molecule has 0 aliphatic carbocycles. The zero-order valence-electron chi connectivity index (χ0n) is 20.3. The molecular weight excluding hydrogens is 505 g/mol. The van der Waals surface area contributed by atoms with Crippen LogP contribution in [-0.2, 0) is 20.8 Å². The lowest BCUT2D eigenvalue weighted by molar-refractivity contribution is -0.126. The number of hydrogen-bond donors (Lipinski definition) is 2. The fourth-order valence-corrected chi connectivity index (χ4v) is 5.05. The quantitative estimate of drug-likeness (QED) is 0.461. The Bertz CT molecular complexity index is 1430. The van der Waals surface area contributed by atoms with Gasteiger partial charge in [0.25, 0.3) is 5.91 Å². The molecule has 2 aliphatic heterocycles. The number of benzene rings is 3. The van der Waals surface area contributed by atoms with Crippen LogP contribution in [0.25, 0.3) is 0 Å². The van der Waals surface area contributed by atoms with E-state index in [1.807, 2.05) is 54.6 Å². The van der Waals surface area contributed by atoms with Gasteiger partial charge in [-0.15, -0.1) is 0 Å². The van der Waals surface area contributed by atoms with E-state index in [0.29, 0.717) is 40.9 Å². The largest absolute Gasteiger partial charge is 0.356 e. The first kappa shape index (κ1) is 25.3. The molecule has 2 N–H and O–H groups in total. The van der Waals surface area contributed by atoms with Gasteiger partial charge in [-0.2, -0.15) is 4.99 Å². The predicted molar refractivity (Wildman–Crippen MR) is 146 cm³/mol. The number of thioether (sulfide) groups is 1. The van der Waals surface area contributed by atoms with Gasteiger partial charge in [-0.25, -0.2) is 9.38 Å². The number of nitrogens with zero attached hydrogens (tertiary/aromatic N) is 3. The van der Waals surface area contributed by atoms with Gasteiger partial charge in [-0.05, 0) is 48.4 Å². The average Bonchev–Trinajstić information content (AvgIpc) is 3.25. The van der Waals surface area contributed by atoms with Gasteiger partial charge < -0.3 is 10.6 Å². The molecular formula is C28H24FN5O3S. The van der Waals surface area contributed by atoms with Crippen LogP contribution >= 0.6 is 11.8 Å². The van der Waals surface area contributed by atoms with E-state index in [4.69, 9.17) is 0 Å². The minimum Gasteiger partial charge on any atom is -0.356 e. The van der Waals surface area contributed by atoms with Crippen LogP contribution in [0, 0.1) is 5.82 Å². The molecule has 10 heteroatoms. The van der Waals surface area contributed by atoms with Gasteiger partial charge in [0, 0.05) is 17.8 Å². The number of carbonyl (C=O) groups excluding carboxylic acids is 3. The van der Waals surface area contributed by atoms with Crippen molar-refractivity contribution >= 4 is 51.9 Å². The summed E-state index contributed by atoms with van der Waals surface area (Å²) < 4.78 is 13.2. The summed E-state index contributed by atoms with van der Waals surface area (Å²) in [7, 11) is 0. The maximum Gasteiger partial charge on any atom is 0.271 e. The van der Waals surface area contributed by atoms with E-state index in [9.17, 15) is 18.8 Å². The minimum absolute atomic E-state index is 0.00760. The maximum atomic E-state index is 13.2. The molecule has 0 aromatic heterocycles. The Morgan fingerprint density at radius 1 is 0.921 bits per heavy atom. The van der Waals surface area contributed by atoms with Gasteiger partial charge in [0.1, 0.15) is 17.7 Å². The van der Waals surface area contributed by atoms with Crippen molar-refractivity contribution in [3.05, 3.63) is 95.8 Å². The number of halogens is 1. The van der Waals surface area contributed by atoms with E-state index in [0.717, 1.165) is 17.3 Å². The average molecular weight is 530 g/mol. The molecule has 5 rings (SSSR count). The number of anilines is 1. The Labute approximate surface area is 223 Å². The van der Waals surface area contributed by atoms with Crippen LogP contribution in [0.2, 0.25) is 0 Å². The fraction of sp³-hybridized carbons (Fsp3) is 0.179.